The van der Waals surface area contributed by atoms with Gasteiger partial charge in [0.15, 0.2) is 0 Å². The molecule has 0 heterocycles. The first-order chi connectivity index (χ1) is 15.9. The van der Waals surface area contributed by atoms with E-state index in [1.54, 1.807) is 13.0 Å². The van der Waals surface area contributed by atoms with Crippen molar-refractivity contribution < 1.29 is 42.1 Å². The predicted octanol–water partition coefficient (Wildman–Crippen LogP) is 6.12. The number of carbonyl (C=O) groups is 3. The molecule has 0 spiro atoms. The van der Waals surface area contributed by atoms with Crippen LogP contribution in [0.2, 0.25) is 0 Å². The smallest absolute Gasteiger partial charge is 0.396 e. The first-order valence-corrected chi connectivity index (χ1v) is 10.4. The molecular weight excluding hydrogens is 453 g/mol. The molecule has 184 valence electrons. The summed E-state index contributed by atoms with van der Waals surface area (Å²) in [6.07, 6.45) is -1.35. The number of hydrogen-bond donors (Lipinski definition) is 1. The van der Waals surface area contributed by atoms with E-state index in [9.17, 15) is 27.6 Å². The summed E-state index contributed by atoms with van der Waals surface area (Å²) in [5.41, 5.74) is 0.0107. The standard InChI is InChI=1S/C25H27F3O6/c1-5-10-20(17(3)22(29)30)33-24(32)18(4)21(15-25(26,27)28)34-23(31)16(2)11-9-14-19-12-7-6-8-13-19/h6-9,11-14H,5,10,15H2,1-4H3,(H,29,30). The van der Waals surface area contributed by atoms with Gasteiger partial charge in [0.05, 0.1) is 11.1 Å². The molecule has 0 fully saturated rings. The van der Waals surface area contributed by atoms with E-state index >= 15 is 0 Å². The van der Waals surface area contributed by atoms with Crippen molar-refractivity contribution in [3.63, 3.8) is 0 Å². The fourth-order valence-corrected chi connectivity index (χ4v) is 2.52. The average Bonchev–Trinajstić information content (AvgIpc) is 2.76. The molecule has 9 heteroatoms. The van der Waals surface area contributed by atoms with Crippen LogP contribution in [0, 0.1) is 0 Å². The summed E-state index contributed by atoms with van der Waals surface area (Å²) in [6.45, 7) is 5.30. The van der Waals surface area contributed by atoms with Gasteiger partial charge in [0.1, 0.15) is 17.9 Å². The van der Waals surface area contributed by atoms with E-state index in [0.717, 1.165) is 12.5 Å². The zero-order valence-electron chi connectivity index (χ0n) is 19.4. The Morgan fingerprint density at radius 1 is 0.941 bits per heavy atom. The quantitative estimate of drug-likeness (QED) is 0.188. The number of aliphatic carboxylic acids is 1. The molecule has 0 radical (unpaired) electrons. The van der Waals surface area contributed by atoms with Crippen LogP contribution < -0.4 is 0 Å². The summed E-state index contributed by atoms with van der Waals surface area (Å²) in [7, 11) is 0. The molecule has 1 aromatic carbocycles. The number of rotatable bonds is 10. The van der Waals surface area contributed by atoms with Crippen molar-refractivity contribution in [2.45, 2.75) is 53.1 Å². The van der Waals surface area contributed by atoms with Gasteiger partial charge in [-0.25, -0.2) is 14.4 Å². The Kier molecular flexibility index (Phi) is 11.0. The number of esters is 2. The minimum Gasteiger partial charge on any atom is -0.478 e. The van der Waals surface area contributed by atoms with Crippen LogP contribution in [0.4, 0.5) is 13.2 Å². The zero-order chi connectivity index (χ0) is 25.9. The van der Waals surface area contributed by atoms with Crippen LogP contribution in [0.5, 0.6) is 0 Å². The molecule has 1 aromatic rings. The van der Waals surface area contributed by atoms with Crippen LogP contribution in [-0.2, 0) is 23.9 Å². The number of ether oxygens (including phenoxy) is 2. The van der Waals surface area contributed by atoms with Gasteiger partial charge in [-0.2, -0.15) is 13.2 Å². The van der Waals surface area contributed by atoms with Crippen molar-refractivity contribution in [3.05, 3.63) is 76.3 Å². The fourth-order valence-electron chi connectivity index (χ4n) is 2.52. The van der Waals surface area contributed by atoms with Gasteiger partial charge >= 0.3 is 24.1 Å². The third-order valence-electron chi connectivity index (χ3n) is 4.49. The fraction of sp³-hybridized carbons (Fsp3) is 0.320. The lowest BCUT2D eigenvalue weighted by molar-refractivity contribution is -0.146. The second-order valence-corrected chi connectivity index (χ2v) is 7.34. The number of benzene rings is 1. The van der Waals surface area contributed by atoms with Crippen LogP contribution >= 0.6 is 0 Å². The lowest BCUT2D eigenvalue weighted by Crippen LogP contribution is -2.19. The molecule has 34 heavy (non-hydrogen) atoms. The highest BCUT2D eigenvalue weighted by atomic mass is 19.4. The normalized spacial score (nSPS) is 13.8. The van der Waals surface area contributed by atoms with Crippen LogP contribution in [0.25, 0.3) is 6.08 Å². The van der Waals surface area contributed by atoms with Crippen molar-refractivity contribution in [3.8, 4) is 0 Å². The van der Waals surface area contributed by atoms with Gasteiger partial charge in [0.2, 0.25) is 0 Å². The predicted molar refractivity (Wildman–Crippen MR) is 120 cm³/mol. The van der Waals surface area contributed by atoms with Crippen molar-refractivity contribution in [1.29, 1.82) is 0 Å². The van der Waals surface area contributed by atoms with Crippen LogP contribution in [0.15, 0.2) is 70.7 Å². The third kappa shape index (κ3) is 9.89. The molecule has 0 aliphatic rings. The number of hydrogen-bond acceptors (Lipinski definition) is 5. The Labute approximate surface area is 196 Å². The van der Waals surface area contributed by atoms with E-state index in [4.69, 9.17) is 14.6 Å². The number of alkyl halides is 3. The molecule has 0 aliphatic carbocycles. The topological polar surface area (TPSA) is 89.9 Å². The molecule has 0 saturated carbocycles. The molecule has 0 aliphatic heterocycles. The van der Waals surface area contributed by atoms with Gasteiger partial charge in [-0.1, -0.05) is 55.5 Å². The summed E-state index contributed by atoms with van der Waals surface area (Å²) in [5, 5.41) is 9.13. The highest BCUT2D eigenvalue weighted by molar-refractivity contribution is 5.93. The largest absolute Gasteiger partial charge is 0.478 e. The summed E-state index contributed by atoms with van der Waals surface area (Å²) in [5.74, 6) is -4.74. The van der Waals surface area contributed by atoms with Gasteiger partial charge in [-0.05, 0) is 32.8 Å². The van der Waals surface area contributed by atoms with Crippen LogP contribution in [0.1, 0.15) is 52.5 Å². The maximum absolute atomic E-state index is 13.1. The number of halogens is 3. The van der Waals surface area contributed by atoms with Crippen molar-refractivity contribution in [2.24, 2.45) is 0 Å². The first-order valence-electron chi connectivity index (χ1n) is 10.4. The molecule has 0 bridgehead atoms. The lowest BCUT2D eigenvalue weighted by atomic mass is 10.1. The number of carboxylic acids is 1. The van der Waals surface area contributed by atoms with E-state index in [1.165, 1.54) is 26.0 Å². The molecular formula is C25H27F3O6. The second-order valence-electron chi connectivity index (χ2n) is 7.34. The molecule has 0 atom stereocenters. The van der Waals surface area contributed by atoms with Crippen molar-refractivity contribution >= 4 is 24.0 Å². The summed E-state index contributed by atoms with van der Waals surface area (Å²) >= 11 is 0. The van der Waals surface area contributed by atoms with Crippen molar-refractivity contribution in [2.75, 3.05) is 0 Å². The Bertz CT molecular complexity index is 1010. The lowest BCUT2D eigenvalue weighted by Gasteiger charge is -2.16. The number of allylic oxidation sites excluding steroid dienone is 4. The van der Waals surface area contributed by atoms with Crippen molar-refractivity contribution in [1.82, 2.24) is 0 Å². The van der Waals surface area contributed by atoms with E-state index < -0.39 is 41.8 Å². The molecule has 0 aromatic heterocycles. The molecule has 6 nitrogen and oxygen atoms in total. The van der Waals surface area contributed by atoms with Gasteiger partial charge in [-0.15, -0.1) is 0 Å². The van der Waals surface area contributed by atoms with Crippen LogP contribution in [0.3, 0.4) is 0 Å². The Balaban J connectivity index is 3.16. The summed E-state index contributed by atoms with van der Waals surface area (Å²) < 4.78 is 49.2. The number of carboxylic acid groups (broad SMARTS) is 1. The monoisotopic (exact) mass is 480 g/mol. The van der Waals surface area contributed by atoms with E-state index in [0.29, 0.717) is 6.42 Å². The van der Waals surface area contributed by atoms with E-state index in [2.05, 4.69) is 0 Å². The maximum atomic E-state index is 13.1. The molecule has 1 N–H and O–H groups in total. The minimum absolute atomic E-state index is 0.00122. The summed E-state index contributed by atoms with van der Waals surface area (Å²) in [4.78, 5) is 36.0. The highest BCUT2D eigenvalue weighted by Gasteiger charge is 2.33. The SMILES string of the molecule is CCCC(OC(=O)C(C)=C(CC(F)(F)F)OC(=O)C(C)=CC=Cc1ccccc1)=C(C)C(=O)O. The first kappa shape index (κ1) is 28.4. The Morgan fingerprint density at radius 3 is 2.06 bits per heavy atom. The molecule has 1 rings (SSSR count). The average molecular weight is 480 g/mol. The summed E-state index contributed by atoms with van der Waals surface area (Å²) in [6, 6.07) is 9.12. The van der Waals surface area contributed by atoms with E-state index in [1.807, 2.05) is 30.3 Å². The van der Waals surface area contributed by atoms with Gasteiger partial charge in [0.25, 0.3) is 0 Å². The maximum Gasteiger partial charge on any atom is 0.396 e. The molecule has 0 saturated heterocycles. The Morgan fingerprint density at radius 2 is 1.53 bits per heavy atom. The zero-order valence-corrected chi connectivity index (χ0v) is 19.4. The highest BCUT2D eigenvalue weighted by Crippen LogP contribution is 2.28. The Hall–Kier alpha value is -3.62. The van der Waals surface area contributed by atoms with Gasteiger partial charge in [-0.3, -0.25) is 0 Å². The molecule has 0 unspecified atom stereocenters. The molecule has 0 amide bonds. The van der Waals surface area contributed by atoms with Gasteiger partial charge < -0.3 is 14.6 Å². The van der Waals surface area contributed by atoms with E-state index in [-0.39, 0.29) is 23.3 Å². The number of carbonyl (C=O) groups excluding carboxylic acids is 2. The third-order valence-corrected chi connectivity index (χ3v) is 4.49. The van der Waals surface area contributed by atoms with Crippen LogP contribution in [-0.4, -0.2) is 29.2 Å². The van der Waals surface area contributed by atoms with Gasteiger partial charge in [0, 0.05) is 12.0 Å². The minimum atomic E-state index is -4.78. The second kappa shape index (κ2) is 13.2.